The number of amides is 1. The SMILES string of the molecule is Cc1cc(Cl)ccc1OC(C)C(=O)Nc1ccc(F)c(S(=O)(=O)N2CCOCC2)c1. The third-order valence-electron chi connectivity index (χ3n) is 4.60. The number of hydrogen-bond acceptors (Lipinski definition) is 5. The summed E-state index contributed by atoms with van der Waals surface area (Å²) in [6.07, 6.45) is -0.880. The van der Waals surface area contributed by atoms with Crippen molar-refractivity contribution in [1.29, 1.82) is 0 Å². The van der Waals surface area contributed by atoms with Crippen LogP contribution in [-0.4, -0.2) is 51.0 Å². The maximum atomic E-state index is 14.3. The maximum Gasteiger partial charge on any atom is 0.265 e. The van der Waals surface area contributed by atoms with E-state index >= 15 is 0 Å². The Labute approximate surface area is 179 Å². The van der Waals surface area contributed by atoms with Gasteiger partial charge in [-0.05, 0) is 55.8 Å². The van der Waals surface area contributed by atoms with Crippen LogP contribution in [0, 0.1) is 12.7 Å². The van der Waals surface area contributed by atoms with E-state index in [1.807, 2.05) is 0 Å². The molecule has 0 saturated carbocycles. The van der Waals surface area contributed by atoms with E-state index in [0.717, 1.165) is 22.0 Å². The third-order valence-corrected chi connectivity index (χ3v) is 6.75. The summed E-state index contributed by atoms with van der Waals surface area (Å²) in [6.45, 7) is 4.13. The number of benzene rings is 2. The molecular formula is C20H22ClFN2O5S. The lowest BCUT2D eigenvalue weighted by molar-refractivity contribution is -0.122. The van der Waals surface area contributed by atoms with Gasteiger partial charge in [0.05, 0.1) is 13.2 Å². The average molecular weight is 457 g/mol. The first kappa shape index (κ1) is 22.5. The first-order chi connectivity index (χ1) is 14.2. The first-order valence-electron chi connectivity index (χ1n) is 9.29. The van der Waals surface area contributed by atoms with Gasteiger partial charge in [-0.25, -0.2) is 12.8 Å². The van der Waals surface area contributed by atoms with Crippen molar-refractivity contribution in [3.8, 4) is 5.75 Å². The van der Waals surface area contributed by atoms with Gasteiger partial charge in [-0.2, -0.15) is 4.31 Å². The number of carbonyl (C=O) groups excluding carboxylic acids is 1. The van der Waals surface area contributed by atoms with Gasteiger partial charge in [-0.3, -0.25) is 4.79 Å². The highest BCUT2D eigenvalue weighted by Crippen LogP contribution is 2.25. The van der Waals surface area contributed by atoms with E-state index in [-0.39, 0.29) is 32.0 Å². The number of aryl methyl sites for hydroxylation is 1. The smallest absolute Gasteiger partial charge is 0.265 e. The molecule has 2 aromatic rings. The van der Waals surface area contributed by atoms with Crippen LogP contribution < -0.4 is 10.1 Å². The summed E-state index contributed by atoms with van der Waals surface area (Å²) in [5, 5.41) is 3.12. The molecule has 1 N–H and O–H groups in total. The van der Waals surface area contributed by atoms with E-state index < -0.39 is 32.7 Å². The van der Waals surface area contributed by atoms with Crippen molar-refractivity contribution >= 4 is 33.2 Å². The molecule has 1 saturated heterocycles. The monoisotopic (exact) mass is 456 g/mol. The van der Waals surface area contributed by atoms with Crippen molar-refractivity contribution in [3.05, 3.63) is 52.8 Å². The van der Waals surface area contributed by atoms with Crippen molar-refractivity contribution in [2.45, 2.75) is 24.8 Å². The Hall–Kier alpha value is -2.20. The lowest BCUT2D eigenvalue weighted by atomic mass is 10.2. The molecule has 0 radical (unpaired) electrons. The van der Waals surface area contributed by atoms with Gasteiger partial charge >= 0.3 is 0 Å². The van der Waals surface area contributed by atoms with Crippen molar-refractivity contribution in [2.24, 2.45) is 0 Å². The Balaban J connectivity index is 1.75. The van der Waals surface area contributed by atoms with Gasteiger partial charge in [0.25, 0.3) is 5.91 Å². The Kier molecular flexibility index (Phi) is 6.97. The minimum Gasteiger partial charge on any atom is -0.481 e. The third kappa shape index (κ3) is 5.10. The van der Waals surface area contributed by atoms with Gasteiger partial charge in [0, 0.05) is 23.8 Å². The molecule has 0 spiro atoms. The number of morpholine rings is 1. The van der Waals surface area contributed by atoms with E-state index in [0.29, 0.717) is 10.8 Å². The number of nitrogens with zero attached hydrogens (tertiary/aromatic N) is 1. The summed E-state index contributed by atoms with van der Waals surface area (Å²) in [6, 6.07) is 8.44. The van der Waals surface area contributed by atoms with Crippen LogP contribution in [0.4, 0.5) is 10.1 Å². The fourth-order valence-electron chi connectivity index (χ4n) is 2.94. The van der Waals surface area contributed by atoms with Crippen molar-refractivity contribution < 1.29 is 27.1 Å². The van der Waals surface area contributed by atoms with E-state index in [2.05, 4.69) is 5.32 Å². The second-order valence-electron chi connectivity index (χ2n) is 6.82. The normalized spacial score (nSPS) is 16.1. The summed E-state index contributed by atoms with van der Waals surface area (Å²) < 4.78 is 51.8. The van der Waals surface area contributed by atoms with Crippen LogP contribution in [0.1, 0.15) is 12.5 Å². The van der Waals surface area contributed by atoms with Crippen LogP contribution >= 0.6 is 11.6 Å². The molecule has 1 aliphatic heterocycles. The van der Waals surface area contributed by atoms with Gasteiger partial charge in [-0.1, -0.05) is 11.6 Å². The molecule has 0 aromatic heterocycles. The second kappa shape index (κ2) is 9.30. The molecular weight excluding hydrogens is 435 g/mol. The van der Waals surface area contributed by atoms with Gasteiger partial charge in [0.2, 0.25) is 10.0 Å². The zero-order valence-electron chi connectivity index (χ0n) is 16.5. The van der Waals surface area contributed by atoms with Gasteiger partial charge in [0.15, 0.2) is 6.10 Å². The summed E-state index contributed by atoms with van der Waals surface area (Å²) >= 11 is 5.92. The van der Waals surface area contributed by atoms with E-state index in [9.17, 15) is 17.6 Å². The molecule has 0 aliphatic carbocycles. The zero-order valence-corrected chi connectivity index (χ0v) is 18.1. The molecule has 162 valence electrons. The van der Waals surface area contributed by atoms with Crippen LogP contribution in [0.25, 0.3) is 0 Å². The van der Waals surface area contributed by atoms with E-state index in [1.54, 1.807) is 32.0 Å². The predicted octanol–water partition coefficient (Wildman–Crippen LogP) is 3.21. The summed E-state index contributed by atoms with van der Waals surface area (Å²) in [5.74, 6) is -0.900. The molecule has 1 aliphatic rings. The van der Waals surface area contributed by atoms with Crippen LogP contribution in [-0.2, 0) is 19.6 Å². The minimum absolute atomic E-state index is 0.143. The Bertz CT molecular complexity index is 1040. The number of carbonyl (C=O) groups is 1. The number of ether oxygens (including phenoxy) is 2. The molecule has 7 nitrogen and oxygen atoms in total. The molecule has 0 bridgehead atoms. The quantitative estimate of drug-likeness (QED) is 0.721. The highest BCUT2D eigenvalue weighted by Gasteiger charge is 2.29. The molecule has 3 rings (SSSR count). The zero-order chi connectivity index (χ0) is 21.9. The Morgan fingerprint density at radius 1 is 1.23 bits per heavy atom. The lowest BCUT2D eigenvalue weighted by Gasteiger charge is -2.26. The van der Waals surface area contributed by atoms with Crippen LogP contribution in [0.15, 0.2) is 41.3 Å². The van der Waals surface area contributed by atoms with Crippen LogP contribution in [0.5, 0.6) is 5.75 Å². The van der Waals surface area contributed by atoms with Crippen LogP contribution in [0.3, 0.4) is 0 Å². The number of nitrogens with one attached hydrogen (secondary N) is 1. The van der Waals surface area contributed by atoms with Gasteiger partial charge < -0.3 is 14.8 Å². The second-order valence-corrected chi connectivity index (χ2v) is 9.16. The Morgan fingerprint density at radius 3 is 2.60 bits per heavy atom. The first-order valence-corrected chi connectivity index (χ1v) is 11.1. The van der Waals surface area contributed by atoms with Crippen molar-refractivity contribution in [1.82, 2.24) is 4.31 Å². The number of sulfonamides is 1. The summed E-state index contributed by atoms with van der Waals surface area (Å²) in [5.41, 5.74) is 0.916. The van der Waals surface area contributed by atoms with E-state index in [1.165, 1.54) is 6.07 Å². The van der Waals surface area contributed by atoms with E-state index in [4.69, 9.17) is 21.1 Å². The highest BCUT2D eigenvalue weighted by molar-refractivity contribution is 7.89. The van der Waals surface area contributed by atoms with Crippen molar-refractivity contribution in [3.63, 3.8) is 0 Å². The number of anilines is 1. The standard InChI is InChI=1S/C20H22ClFN2O5S/c1-13-11-15(21)3-6-18(13)29-14(2)20(25)23-16-4-5-17(22)19(12-16)30(26,27)24-7-9-28-10-8-24/h3-6,11-12,14H,7-10H2,1-2H3,(H,23,25). The molecule has 10 heteroatoms. The largest absolute Gasteiger partial charge is 0.481 e. The summed E-state index contributed by atoms with van der Waals surface area (Å²) in [7, 11) is -4.05. The maximum absolute atomic E-state index is 14.3. The predicted molar refractivity (Wildman–Crippen MR) is 111 cm³/mol. The lowest BCUT2D eigenvalue weighted by Crippen LogP contribution is -2.41. The molecule has 2 aromatic carbocycles. The molecule has 1 fully saturated rings. The Morgan fingerprint density at radius 2 is 1.93 bits per heavy atom. The average Bonchev–Trinajstić information content (AvgIpc) is 2.72. The van der Waals surface area contributed by atoms with Gasteiger partial charge in [-0.15, -0.1) is 0 Å². The summed E-state index contributed by atoms with van der Waals surface area (Å²) in [4.78, 5) is 12.0. The topological polar surface area (TPSA) is 84.9 Å². The molecule has 30 heavy (non-hydrogen) atoms. The number of halogens is 2. The molecule has 1 atom stereocenters. The molecule has 1 heterocycles. The number of rotatable bonds is 6. The molecule has 1 amide bonds. The molecule has 1 unspecified atom stereocenters. The fraction of sp³-hybridized carbons (Fsp3) is 0.350. The van der Waals surface area contributed by atoms with Crippen molar-refractivity contribution in [2.75, 3.05) is 31.6 Å². The fourth-order valence-corrected chi connectivity index (χ4v) is 4.66. The number of hydrogen-bond donors (Lipinski definition) is 1. The van der Waals surface area contributed by atoms with Crippen LogP contribution in [0.2, 0.25) is 5.02 Å². The minimum atomic E-state index is -4.05. The highest BCUT2D eigenvalue weighted by atomic mass is 35.5. The van der Waals surface area contributed by atoms with Gasteiger partial charge in [0.1, 0.15) is 16.5 Å².